The van der Waals surface area contributed by atoms with E-state index < -0.39 is 0 Å². The van der Waals surface area contributed by atoms with Crippen molar-refractivity contribution in [3.05, 3.63) is 59.2 Å². The first-order valence-electron chi connectivity index (χ1n) is 10.0. The van der Waals surface area contributed by atoms with E-state index in [1.807, 2.05) is 6.92 Å². The number of carbonyl (C=O) groups excluding carboxylic acids is 2. The van der Waals surface area contributed by atoms with Crippen LogP contribution < -0.4 is 10.6 Å². The molecule has 0 fully saturated rings. The molecule has 30 heavy (non-hydrogen) atoms. The minimum absolute atomic E-state index is 0.0602. The van der Waals surface area contributed by atoms with Crippen LogP contribution in [0.3, 0.4) is 0 Å². The van der Waals surface area contributed by atoms with Crippen molar-refractivity contribution in [2.24, 2.45) is 0 Å². The molecular weight excluding hydrogens is 394 g/mol. The van der Waals surface area contributed by atoms with Gasteiger partial charge in [-0.25, -0.2) is 4.98 Å². The Balaban J connectivity index is 1.76. The normalized spacial score (nSPS) is 11.9. The standard InChI is InChI=1S/C24H27N3O2S/c1-6-21(24(29)26-19-9-7-18(8-10-19)25-17(5)28)30-22-13-15(3)20-12-14(2)11-16(4)23(20)27-22/h7-13,21H,6H2,1-5H3,(H,25,28)(H,26,29). The summed E-state index contributed by atoms with van der Waals surface area (Å²) in [5.41, 5.74) is 5.92. The van der Waals surface area contributed by atoms with E-state index in [0.29, 0.717) is 17.8 Å². The molecule has 0 bridgehead atoms. The molecule has 3 rings (SSSR count). The number of amides is 2. The molecule has 1 aromatic heterocycles. The van der Waals surface area contributed by atoms with Gasteiger partial charge in [0.1, 0.15) is 0 Å². The topological polar surface area (TPSA) is 71.1 Å². The lowest BCUT2D eigenvalue weighted by Gasteiger charge is -2.16. The Morgan fingerprint density at radius 3 is 2.20 bits per heavy atom. The molecule has 0 aliphatic heterocycles. The zero-order chi connectivity index (χ0) is 21.8. The fraction of sp³-hybridized carbons (Fsp3) is 0.292. The van der Waals surface area contributed by atoms with Crippen molar-refractivity contribution < 1.29 is 9.59 Å². The van der Waals surface area contributed by atoms with Crippen LogP contribution >= 0.6 is 11.8 Å². The number of carbonyl (C=O) groups is 2. The molecule has 0 radical (unpaired) electrons. The summed E-state index contributed by atoms with van der Waals surface area (Å²) < 4.78 is 0. The number of hydrogen-bond donors (Lipinski definition) is 2. The molecule has 2 amide bonds. The molecule has 6 heteroatoms. The van der Waals surface area contributed by atoms with Crippen LogP contribution in [0.1, 0.15) is 37.0 Å². The largest absolute Gasteiger partial charge is 0.326 e. The molecule has 5 nitrogen and oxygen atoms in total. The summed E-state index contributed by atoms with van der Waals surface area (Å²) in [5, 5.41) is 7.44. The molecule has 1 unspecified atom stereocenters. The van der Waals surface area contributed by atoms with E-state index in [0.717, 1.165) is 27.1 Å². The van der Waals surface area contributed by atoms with Crippen LogP contribution in [0.5, 0.6) is 0 Å². The van der Waals surface area contributed by atoms with Crippen LogP contribution in [0.25, 0.3) is 10.9 Å². The second-order valence-electron chi connectivity index (χ2n) is 7.52. The maximum atomic E-state index is 12.8. The van der Waals surface area contributed by atoms with Crippen molar-refractivity contribution in [3.63, 3.8) is 0 Å². The molecule has 0 saturated heterocycles. The van der Waals surface area contributed by atoms with Gasteiger partial charge in [-0.2, -0.15) is 0 Å². The average Bonchev–Trinajstić information content (AvgIpc) is 2.68. The summed E-state index contributed by atoms with van der Waals surface area (Å²) in [4.78, 5) is 28.8. The van der Waals surface area contributed by atoms with Gasteiger partial charge in [0, 0.05) is 23.7 Å². The monoisotopic (exact) mass is 421 g/mol. The van der Waals surface area contributed by atoms with E-state index in [1.165, 1.54) is 24.2 Å². The number of benzene rings is 2. The summed E-state index contributed by atoms with van der Waals surface area (Å²) >= 11 is 1.49. The number of anilines is 2. The molecule has 0 saturated carbocycles. The molecular formula is C24H27N3O2S. The van der Waals surface area contributed by atoms with Gasteiger partial charge in [0.2, 0.25) is 11.8 Å². The summed E-state index contributed by atoms with van der Waals surface area (Å²) in [6.45, 7) is 9.72. The average molecular weight is 422 g/mol. The highest BCUT2D eigenvalue weighted by molar-refractivity contribution is 8.00. The van der Waals surface area contributed by atoms with Crippen molar-refractivity contribution in [2.75, 3.05) is 10.6 Å². The second kappa shape index (κ2) is 9.30. The van der Waals surface area contributed by atoms with Crippen molar-refractivity contribution in [3.8, 4) is 0 Å². The van der Waals surface area contributed by atoms with E-state index in [-0.39, 0.29) is 17.1 Å². The van der Waals surface area contributed by atoms with Crippen LogP contribution in [0.2, 0.25) is 0 Å². The van der Waals surface area contributed by atoms with Crippen LogP contribution in [0.15, 0.2) is 47.5 Å². The molecule has 0 spiro atoms. The maximum Gasteiger partial charge on any atom is 0.237 e. The first kappa shape index (κ1) is 21.8. The predicted molar refractivity (Wildman–Crippen MR) is 125 cm³/mol. The van der Waals surface area contributed by atoms with Crippen LogP contribution in [0, 0.1) is 20.8 Å². The second-order valence-corrected chi connectivity index (χ2v) is 8.74. The minimum Gasteiger partial charge on any atom is -0.326 e. The van der Waals surface area contributed by atoms with Gasteiger partial charge in [-0.05, 0) is 74.7 Å². The smallest absolute Gasteiger partial charge is 0.237 e. The highest BCUT2D eigenvalue weighted by atomic mass is 32.2. The quantitative estimate of drug-likeness (QED) is 0.506. The van der Waals surface area contributed by atoms with Gasteiger partial charge < -0.3 is 10.6 Å². The number of aryl methyl sites for hydroxylation is 3. The van der Waals surface area contributed by atoms with Gasteiger partial charge in [-0.15, -0.1) is 0 Å². The summed E-state index contributed by atoms with van der Waals surface area (Å²) in [6, 6.07) is 13.5. The lowest BCUT2D eigenvalue weighted by atomic mass is 10.0. The Bertz CT molecular complexity index is 1090. The number of nitrogens with zero attached hydrogens (tertiary/aromatic N) is 1. The zero-order valence-electron chi connectivity index (χ0n) is 18.0. The first-order valence-corrected chi connectivity index (χ1v) is 10.9. The fourth-order valence-corrected chi connectivity index (χ4v) is 4.42. The van der Waals surface area contributed by atoms with E-state index in [9.17, 15) is 9.59 Å². The Labute approximate surface area is 181 Å². The highest BCUT2D eigenvalue weighted by Crippen LogP contribution is 2.30. The van der Waals surface area contributed by atoms with Gasteiger partial charge in [-0.3, -0.25) is 9.59 Å². The molecule has 156 valence electrons. The Morgan fingerprint density at radius 2 is 1.60 bits per heavy atom. The van der Waals surface area contributed by atoms with Crippen molar-refractivity contribution >= 4 is 45.9 Å². The van der Waals surface area contributed by atoms with Gasteiger partial charge in [-0.1, -0.05) is 30.3 Å². The molecule has 1 heterocycles. The fourth-order valence-electron chi connectivity index (χ4n) is 3.41. The zero-order valence-corrected chi connectivity index (χ0v) is 18.8. The Morgan fingerprint density at radius 1 is 0.967 bits per heavy atom. The molecule has 0 aliphatic carbocycles. The molecule has 1 atom stereocenters. The van der Waals surface area contributed by atoms with Crippen molar-refractivity contribution in [1.29, 1.82) is 0 Å². The maximum absolute atomic E-state index is 12.8. The number of rotatable bonds is 6. The van der Waals surface area contributed by atoms with E-state index in [2.05, 4.69) is 49.6 Å². The van der Waals surface area contributed by atoms with Crippen LogP contribution in [-0.4, -0.2) is 22.0 Å². The number of aromatic nitrogens is 1. The summed E-state index contributed by atoms with van der Waals surface area (Å²) in [6.07, 6.45) is 0.687. The molecule has 2 N–H and O–H groups in total. The summed E-state index contributed by atoms with van der Waals surface area (Å²) in [5.74, 6) is -0.187. The molecule has 0 aliphatic rings. The lowest BCUT2D eigenvalue weighted by Crippen LogP contribution is -2.24. The Hall–Kier alpha value is -2.86. The molecule has 3 aromatic rings. The summed E-state index contributed by atoms with van der Waals surface area (Å²) in [7, 11) is 0. The van der Waals surface area contributed by atoms with Gasteiger partial charge in [0.15, 0.2) is 0 Å². The number of fused-ring (bicyclic) bond motifs is 1. The molecule has 2 aromatic carbocycles. The number of thioether (sulfide) groups is 1. The van der Waals surface area contributed by atoms with Gasteiger partial charge >= 0.3 is 0 Å². The third kappa shape index (κ3) is 5.19. The van der Waals surface area contributed by atoms with E-state index >= 15 is 0 Å². The van der Waals surface area contributed by atoms with Crippen LogP contribution in [0.4, 0.5) is 11.4 Å². The van der Waals surface area contributed by atoms with E-state index in [1.54, 1.807) is 24.3 Å². The lowest BCUT2D eigenvalue weighted by molar-refractivity contribution is -0.116. The Kier molecular flexibility index (Phi) is 6.77. The first-order chi connectivity index (χ1) is 14.3. The number of pyridine rings is 1. The minimum atomic E-state index is -0.255. The highest BCUT2D eigenvalue weighted by Gasteiger charge is 2.20. The third-order valence-electron chi connectivity index (χ3n) is 4.83. The van der Waals surface area contributed by atoms with Gasteiger partial charge in [0.25, 0.3) is 0 Å². The van der Waals surface area contributed by atoms with Crippen molar-refractivity contribution in [1.82, 2.24) is 4.98 Å². The predicted octanol–water partition coefficient (Wildman–Crippen LogP) is 5.63. The van der Waals surface area contributed by atoms with Crippen LogP contribution in [-0.2, 0) is 9.59 Å². The number of nitrogens with one attached hydrogen (secondary N) is 2. The number of hydrogen-bond acceptors (Lipinski definition) is 4. The van der Waals surface area contributed by atoms with E-state index in [4.69, 9.17) is 4.98 Å². The SMILES string of the molecule is CCC(Sc1cc(C)c2cc(C)cc(C)c2n1)C(=O)Nc1ccc(NC(C)=O)cc1. The van der Waals surface area contributed by atoms with Gasteiger partial charge in [0.05, 0.1) is 15.8 Å². The van der Waals surface area contributed by atoms with Crippen molar-refractivity contribution in [2.45, 2.75) is 51.3 Å². The third-order valence-corrected chi connectivity index (χ3v) is 6.11.